The monoisotopic (exact) mass is 535 g/mol. The zero-order valence-corrected chi connectivity index (χ0v) is 20.1. The minimum absolute atomic E-state index is 0. The van der Waals surface area contributed by atoms with Crippen LogP contribution < -0.4 is 10.6 Å². The van der Waals surface area contributed by atoms with E-state index in [4.69, 9.17) is 9.41 Å². The highest BCUT2D eigenvalue weighted by Gasteiger charge is 2.25. The standard InChI is InChI=1S/C22H29N7O.HI/c1-2-23-22(24-14-17-7-5-8-18(13-17)21-26-16-27-28-21)25-15-19(20-9-6-12-30-20)29-10-3-4-11-29;/h5-9,12-13,16,19H,2-4,10-11,14-15H2,1H3,(H2,23,24,25)(H,26,27,28);1H. The molecular formula is C22H30IN7O. The molecule has 1 atom stereocenters. The highest BCUT2D eigenvalue weighted by Crippen LogP contribution is 2.24. The van der Waals surface area contributed by atoms with Crippen LogP contribution in [0.1, 0.15) is 37.1 Å². The summed E-state index contributed by atoms with van der Waals surface area (Å²) in [7, 11) is 0. The summed E-state index contributed by atoms with van der Waals surface area (Å²) in [4.78, 5) is 11.5. The smallest absolute Gasteiger partial charge is 0.191 e. The first-order valence-electron chi connectivity index (χ1n) is 10.6. The molecule has 3 aromatic rings. The zero-order valence-electron chi connectivity index (χ0n) is 17.8. The number of H-pyrrole nitrogens is 1. The molecule has 0 aliphatic carbocycles. The van der Waals surface area contributed by atoms with Gasteiger partial charge in [0.2, 0.25) is 0 Å². The number of hydrogen-bond acceptors (Lipinski definition) is 5. The van der Waals surface area contributed by atoms with Crippen LogP contribution in [0.5, 0.6) is 0 Å². The van der Waals surface area contributed by atoms with Crippen LogP contribution in [0, 0.1) is 0 Å². The molecule has 0 spiro atoms. The van der Waals surface area contributed by atoms with Crippen molar-refractivity contribution in [2.75, 3.05) is 26.2 Å². The number of guanidine groups is 1. The summed E-state index contributed by atoms with van der Waals surface area (Å²) >= 11 is 0. The third kappa shape index (κ3) is 6.30. The van der Waals surface area contributed by atoms with E-state index in [1.54, 1.807) is 6.26 Å². The number of aromatic nitrogens is 3. The molecule has 0 bridgehead atoms. The van der Waals surface area contributed by atoms with Crippen molar-refractivity contribution < 1.29 is 4.42 Å². The normalized spacial score (nSPS) is 15.5. The quantitative estimate of drug-likeness (QED) is 0.232. The Bertz CT molecular complexity index is 921. The Kier molecular flexibility index (Phi) is 8.89. The fourth-order valence-corrected chi connectivity index (χ4v) is 3.81. The molecule has 9 heteroatoms. The number of aliphatic imine (C=N–C) groups is 1. The van der Waals surface area contributed by atoms with E-state index in [1.807, 2.05) is 18.2 Å². The van der Waals surface area contributed by atoms with Crippen molar-refractivity contribution in [1.82, 2.24) is 30.7 Å². The number of halogens is 1. The van der Waals surface area contributed by atoms with Crippen molar-refractivity contribution in [3.05, 3.63) is 60.3 Å². The van der Waals surface area contributed by atoms with Gasteiger partial charge in [-0.2, -0.15) is 5.10 Å². The molecule has 8 nitrogen and oxygen atoms in total. The van der Waals surface area contributed by atoms with Crippen LogP contribution in [0.15, 0.2) is 58.4 Å². The number of likely N-dealkylation sites (tertiary alicyclic amines) is 1. The van der Waals surface area contributed by atoms with E-state index in [0.717, 1.165) is 54.9 Å². The number of furan rings is 1. The lowest BCUT2D eigenvalue weighted by Gasteiger charge is -2.26. The topological polar surface area (TPSA) is 94.4 Å². The fraction of sp³-hybridized carbons (Fsp3) is 0.409. The third-order valence-corrected chi connectivity index (χ3v) is 5.30. The fourth-order valence-electron chi connectivity index (χ4n) is 3.81. The number of aromatic amines is 1. The Morgan fingerprint density at radius 3 is 2.81 bits per heavy atom. The lowest BCUT2D eigenvalue weighted by Crippen LogP contribution is -2.42. The van der Waals surface area contributed by atoms with Gasteiger partial charge in [-0.3, -0.25) is 10.00 Å². The number of hydrogen-bond donors (Lipinski definition) is 3. The van der Waals surface area contributed by atoms with E-state index in [-0.39, 0.29) is 30.0 Å². The molecule has 2 aromatic heterocycles. The zero-order chi connectivity index (χ0) is 20.6. The molecule has 4 rings (SSSR count). The van der Waals surface area contributed by atoms with Crippen molar-refractivity contribution >= 4 is 29.9 Å². The van der Waals surface area contributed by atoms with Crippen LogP contribution in [0.2, 0.25) is 0 Å². The molecule has 1 saturated heterocycles. The molecule has 3 heterocycles. The molecular weight excluding hydrogens is 505 g/mol. The predicted octanol–water partition coefficient (Wildman–Crippen LogP) is 3.57. The maximum Gasteiger partial charge on any atom is 0.191 e. The molecule has 1 fully saturated rings. The Balaban J connectivity index is 0.00000272. The van der Waals surface area contributed by atoms with Crippen LogP contribution >= 0.6 is 24.0 Å². The van der Waals surface area contributed by atoms with Gasteiger partial charge in [0.05, 0.1) is 18.8 Å². The van der Waals surface area contributed by atoms with Crippen molar-refractivity contribution in [3.8, 4) is 11.4 Å². The Labute approximate surface area is 199 Å². The molecule has 0 saturated carbocycles. The second-order valence-corrected chi connectivity index (χ2v) is 7.38. The van der Waals surface area contributed by atoms with Crippen LogP contribution in [0.4, 0.5) is 0 Å². The SMILES string of the molecule is CCNC(=NCc1cccc(-c2ncn[nH]2)c1)NCC(c1ccco1)N1CCCC1.I. The second-order valence-electron chi connectivity index (χ2n) is 7.38. The van der Waals surface area contributed by atoms with Gasteiger partial charge in [0.25, 0.3) is 0 Å². The van der Waals surface area contributed by atoms with Gasteiger partial charge in [0, 0.05) is 18.7 Å². The van der Waals surface area contributed by atoms with Gasteiger partial charge in [-0.05, 0) is 56.6 Å². The van der Waals surface area contributed by atoms with E-state index in [1.165, 1.54) is 19.2 Å². The number of nitrogens with one attached hydrogen (secondary N) is 3. The largest absolute Gasteiger partial charge is 0.468 e. The molecule has 1 aliphatic heterocycles. The predicted molar refractivity (Wildman–Crippen MR) is 132 cm³/mol. The molecule has 0 radical (unpaired) electrons. The lowest BCUT2D eigenvalue weighted by atomic mass is 10.1. The van der Waals surface area contributed by atoms with Gasteiger partial charge in [0.1, 0.15) is 12.1 Å². The Morgan fingerprint density at radius 1 is 1.23 bits per heavy atom. The first kappa shape index (κ1) is 23.3. The van der Waals surface area contributed by atoms with Crippen LogP contribution in [-0.4, -0.2) is 52.2 Å². The maximum atomic E-state index is 5.72. The molecule has 0 amide bonds. The first-order chi connectivity index (χ1) is 14.8. The van der Waals surface area contributed by atoms with Gasteiger partial charge < -0.3 is 15.1 Å². The van der Waals surface area contributed by atoms with Crippen LogP contribution in [0.3, 0.4) is 0 Å². The van der Waals surface area contributed by atoms with E-state index in [2.05, 4.69) is 55.8 Å². The van der Waals surface area contributed by atoms with Crippen molar-refractivity contribution in [3.63, 3.8) is 0 Å². The molecule has 166 valence electrons. The van der Waals surface area contributed by atoms with Gasteiger partial charge in [-0.1, -0.05) is 18.2 Å². The molecule has 1 unspecified atom stereocenters. The van der Waals surface area contributed by atoms with E-state index in [0.29, 0.717) is 6.54 Å². The highest BCUT2D eigenvalue weighted by molar-refractivity contribution is 14.0. The maximum absolute atomic E-state index is 5.72. The minimum Gasteiger partial charge on any atom is -0.468 e. The minimum atomic E-state index is 0. The molecule has 1 aliphatic rings. The van der Waals surface area contributed by atoms with Crippen LogP contribution in [0.25, 0.3) is 11.4 Å². The summed E-state index contributed by atoms with van der Waals surface area (Å²) in [5, 5.41) is 13.7. The summed E-state index contributed by atoms with van der Waals surface area (Å²) in [6, 6.07) is 12.4. The molecule has 1 aromatic carbocycles. The summed E-state index contributed by atoms with van der Waals surface area (Å²) in [5.74, 6) is 2.57. The van der Waals surface area contributed by atoms with E-state index in [9.17, 15) is 0 Å². The van der Waals surface area contributed by atoms with Crippen molar-refractivity contribution in [1.29, 1.82) is 0 Å². The van der Waals surface area contributed by atoms with Crippen molar-refractivity contribution in [2.24, 2.45) is 4.99 Å². The van der Waals surface area contributed by atoms with Crippen LogP contribution in [-0.2, 0) is 6.54 Å². The second kappa shape index (κ2) is 11.8. The first-order valence-corrected chi connectivity index (χ1v) is 10.6. The average Bonchev–Trinajstić information content (AvgIpc) is 3.56. The van der Waals surface area contributed by atoms with Gasteiger partial charge in [0.15, 0.2) is 11.8 Å². The third-order valence-electron chi connectivity index (χ3n) is 5.30. The highest BCUT2D eigenvalue weighted by atomic mass is 127. The van der Waals surface area contributed by atoms with Gasteiger partial charge >= 0.3 is 0 Å². The Morgan fingerprint density at radius 2 is 2.10 bits per heavy atom. The van der Waals surface area contributed by atoms with Crippen molar-refractivity contribution in [2.45, 2.75) is 32.4 Å². The van der Waals surface area contributed by atoms with Gasteiger partial charge in [-0.15, -0.1) is 24.0 Å². The van der Waals surface area contributed by atoms with Gasteiger partial charge in [-0.25, -0.2) is 9.98 Å². The lowest BCUT2D eigenvalue weighted by molar-refractivity contribution is 0.215. The summed E-state index contributed by atoms with van der Waals surface area (Å²) in [5.41, 5.74) is 2.12. The van der Waals surface area contributed by atoms with E-state index >= 15 is 0 Å². The number of nitrogens with zero attached hydrogens (tertiary/aromatic N) is 4. The number of rotatable bonds is 8. The summed E-state index contributed by atoms with van der Waals surface area (Å²) in [6.45, 7) is 6.42. The number of benzene rings is 1. The molecule has 31 heavy (non-hydrogen) atoms. The molecule has 3 N–H and O–H groups in total. The summed E-state index contributed by atoms with van der Waals surface area (Å²) < 4.78 is 5.72. The summed E-state index contributed by atoms with van der Waals surface area (Å²) in [6.07, 6.45) is 5.75. The van der Waals surface area contributed by atoms with E-state index < -0.39 is 0 Å². The average molecular weight is 535 g/mol. The Hall–Kier alpha value is -2.40.